The third kappa shape index (κ3) is 2.19. The molecule has 0 spiro atoms. The van der Waals surface area contributed by atoms with E-state index < -0.39 is 11.9 Å². The maximum absolute atomic E-state index is 12.3. The predicted octanol–water partition coefficient (Wildman–Crippen LogP) is 2.10. The number of hydrogen-bond acceptors (Lipinski definition) is 3. The Morgan fingerprint density at radius 2 is 1.80 bits per heavy atom. The molecule has 0 amide bonds. The highest BCUT2D eigenvalue weighted by Crippen LogP contribution is 2.29. The number of anilines is 1. The summed E-state index contributed by atoms with van der Waals surface area (Å²) in [7, 11) is 0. The van der Waals surface area contributed by atoms with Crippen molar-refractivity contribution in [3.63, 3.8) is 0 Å². The monoisotopic (exact) mass is 217 g/mol. The minimum atomic E-state index is -4.39. The van der Waals surface area contributed by atoms with Gasteiger partial charge in [-0.1, -0.05) is 0 Å². The Morgan fingerprint density at radius 1 is 1.13 bits per heavy atom. The van der Waals surface area contributed by atoms with Gasteiger partial charge in [-0.15, -0.1) is 0 Å². The summed E-state index contributed by atoms with van der Waals surface area (Å²) in [6.45, 7) is 1.54. The summed E-state index contributed by atoms with van der Waals surface area (Å²) in [6, 6.07) is 1.01. The summed E-state index contributed by atoms with van der Waals surface area (Å²) in [5.74, 6) is 0.370. The molecule has 0 N–H and O–H groups in total. The maximum Gasteiger partial charge on any atom is 0.433 e. The van der Waals surface area contributed by atoms with Crippen LogP contribution in [0.3, 0.4) is 0 Å². The van der Waals surface area contributed by atoms with Crippen LogP contribution in [0.1, 0.15) is 18.5 Å². The summed E-state index contributed by atoms with van der Waals surface area (Å²) in [5, 5.41) is 0. The minimum Gasteiger partial charge on any atom is -0.357 e. The largest absolute Gasteiger partial charge is 0.433 e. The molecule has 6 heteroatoms. The van der Waals surface area contributed by atoms with Gasteiger partial charge in [0.05, 0.1) is 0 Å². The molecule has 1 aromatic heterocycles. The lowest BCUT2D eigenvalue weighted by molar-refractivity contribution is -0.141. The molecule has 1 aromatic rings. The highest BCUT2D eigenvalue weighted by atomic mass is 19.4. The Bertz CT molecular complexity index is 345. The Hall–Kier alpha value is -1.33. The van der Waals surface area contributed by atoms with Crippen LogP contribution < -0.4 is 4.90 Å². The molecule has 1 aliphatic rings. The van der Waals surface area contributed by atoms with Gasteiger partial charge in [0, 0.05) is 19.2 Å². The van der Waals surface area contributed by atoms with Crippen molar-refractivity contribution < 1.29 is 13.2 Å². The highest BCUT2D eigenvalue weighted by molar-refractivity contribution is 5.40. The van der Waals surface area contributed by atoms with E-state index in [0.29, 0.717) is 5.82 Å². The van der Waals surface area contributed by atoms with E-state index in [1.165, 1.54) is 0 Å². The molecule has 1 aliphatic heterocycles. The van der Waals surface area contributed by atoms with Crippen LogP contribution in [-0.2, 0) is 6.18 Å². The van der Waals surface area contributed by atoms with Gasteiger partial charge < -0.3 is 4.90 Å². The molecule has 0 radical (unpaired) electrons. The van der Waals surface area contributed by atoms with Gasteiger partial charge in [0.15, 0.2) is 0 Å². The number of alkyl halides is 3. The Kier molecular flexibility index (Phi) is 2.50. The predicted molar refractivity (Wildman–Crippen MR) is 48.5 cm³/mol. The van der Waals surface area contributed by atoms with Gasteiger partial charge in [0.1, 0.15) is 17.8 Å². The number of hydrogen-bond donors (Lipinski definition) is 0. The van der Waals surface area contributed by atoms with E-state index in [2.05, 4.69) is 9.97 Å². The Labute approximate surface area is 84.9 Å². The third-order valence-electron chi connectivity index (χ3n) is 2.37. The first-order valence-electron chi connectivity index (χ1n) is 4.71. The molecular weight excluding hydrogens is 207 g/mol. The molecule has 2 rings (SSSR count). The van der Waals surface area contributed by atoms with E-state index in [-0.39, 0.29) is 0 Å². The van der Waals surface area contributed by atoms with Crippen LogP contribution in [0, 0.1) is 0 Å². The standard InChI is InChI=1S/C9H10F3N3/c10-9(11,12)7-5-8(14-6-13-7)15-3-1-2-4-15/h5-6H,1-4H2. The summed E-state index contributed by atoms with van der Waals surface area (Å²) < 4.78 is 37.0. The molecule has 0 saturated carbocycles. The van der Waals surface area contributed by atoms with E-state index in [4.69, 9.17) is 0 Å². The summed E-state index contributed by atoms with van der Waals surface area (Å²) in [5.41, 5.74) is -0.876. The molecule has 0 unspecified atom stereocenters. The van der Waals surface area contributed by atoms with E-state index in [1.54, 1.807) is 0 Å². The second-order valence-corrected chi connectivity index (χ2v) is 3.45. The Balaban J connectivity index is 2.26. The minimum absolute atomic E-state index is 0.370. The first kappa shape index (κ1) is 10.2. The molecule has 3 nitrogen and oxygen atoms in total. The van der Waals surface area contributed by atoms with Crippen LogP contribution in [0.4, 0.5) is 19.0 Å². The summed E-state index contributed by atoms with van der Waals surface area (Å²) >= 11 is 0. The first-order chi connectivity index (χ1) is 7.07. The number of nitrogens with zero attached hydrogens (tertiary/aromatic N) is 3. The molecule has 1 fully saturated rings. The molecule has 0 aliphatic carbocycles. The third-order valence-corrected chi connectivity index (χ3v) is 2.37. The van der Waals surface area contributed by atoms with E-state index in [9.17, 15) is 13.2 Å². The molecule has 82 valence electrons. The molecule has 0 atom stereocenters. The first-order valence-corrected chi connectivity index (χ1v) is 4.71. The van der Waals surface area contributed by atoms with Gasteiger partial charge in [-0.05, 0) is 12.8 Å². The van der Waals surface area contributed by atoms with Gasteiger partial charge in [0.2, 0.25) is 0 Å². The van der Waals surface area contributed by atoms with Crippen molar-refractivity contribution in [2.24, 2.45) is 0 Å². The lowest BCUT2D eigenvalue weighted by Gasteiger charge is -2.16. The highest BCUT2D eigenvalue weighted by Gasteiger charge is 2.33. The number of aromatic nitrogens is 2. The lowest BCUT2D eigenvalue weighted by Crippen LogP contribution is -2.20. The zero-order valence-electron chi connectivity index (χ0n) is 7.96. The van der Waals surface area contributed by atoms with Crippen LogP contribution in [-0.4, -0.2) is 23.1 Å². The van der Waals surface area contributed by atoms with Crippen LogP contribution in [0.15, 0.2) is 12.4 Å². The normalized spacial score (nSPS) is 17.1. The van der Waals surface area contributed by atoms with Crippen molar-refractivity contribution in [3.05, 3.63) is 18.1 Å². The fraction of sp³-hybridized carbons (Fsp3) is 0.556. The van der Waals surface area contributed by atoms with Gasteiger partial charge in [-0.25, -0.2) is 9.97 Å². The van der Waals surface area contributed by atoms with Crippen molar-refractivity contribution in [1.29, 1.82) is 0 Å². The smallest absolute Gasteiger partial charge is 0.357 e. The second kappa shape index (κ2) is 3.67. The lowest BCUT2D eigenvalue weighted by atomic mass is 10.3. The molecule has 2 heterocycles. The average molecular weight is 217 g/mol. The second-order valence-electron chi connectivity index (χ2n) is 3.45. The molecule has 0 bridgehead atoms. The molecule has 0 aromatic carbocycles. The quantitative estimate of drug-likeness (QED) is 0.721. The zero-order chi connectivity index (χ0) is 10.9. The summed E-state index contributed by atoms with van der Waals surface area (Å²) in [6.07, 6.45) is -1.41. The summed E-state index contributed by atoms with van der Waals surface area (Å²) in [4.78, 5) is 8.91. The average Bonchev–Trinajstić information content (AvgIpc) is 2.69. The van der Waals surface area contributed by atoms with Crippen LogP contribution >= 0.6 is 0 Å². The van der Waals surface area contributed by atoms with E-state index in [0.717, 1.165) is 38.3 Å². The fourth-order valence-corrected chi connectivity index (χ4v) is 1.62. The van der Waals surface area contributed by atoms with E-state index in [1.807, 2.05) is 4.90 Å². The number of rotatable bonds is 1. The van der Waals surface area contributed by atoms with Crippen LogP contribution in [0.25, 0.3) is 0 Å². The van der Waals surface area contributed by atoms with Crippen LogP contribution in [0.5, 0.6) is 0 Å². The molecule has 1 saturated heterocycles. The topological polar surface area (TPSA) is 29.0 Å². The fourth-order valence-electron chi connectivity index (χ4n) is 1.62. The van der Waals surface area contributed by atoms with Gasteiger partial charge in [0.25, 0.3) is 0 Å². The number of halogens is 3. The van der Waals surface area contributed by atoms with Crippen molar-refractivity contribution in [2.75, 3.05) is 18.0 Å². The Morgan fingerprint density at radius 3 is 2.40 bits per heavy atom. The van der Waals surface area contributed by atoms with Crippen molar-refractivity contribution in [3.8, 4) is 0 Å². The van der Waals surface area contributed by atoms with Gasteiger partial charge in [-0.3, -0.25) is 0 Å². The van der Waals surface area contributed by atoms with Crippen molar-refractivity contribution in [2.45, 2.75) is 19.0 Å². The van der Waals surface area contributed by atoms with Crippen molar-refractivity contribution >= 4 is 5.82 Å². The zero-order valence-corrected chi connectivity index (χ0v) is 7.96. The van der Waals surface area contributed by atoms with Gasteiger partial charge >= 0.3 is 6.18 Å². The molecular formula is C9H10F3N3. The van der Waals surface area contributed by atoms with Crippen molar-refractivity contribution in [1.82, 2.24) is 9.97 Å². The SMILES string of the molecule is FC(F)(F)c1cc(N2CCCC2)ncn1. The molecule has 15 heavy (non-hydrogen) atoms. The van der Waals surface area contributed by atoms with Crippen LogP contribution in [0.2, 0.25) is 0 Å². The van der Waals surface area contributed by atoms with E-state index >= 15 is 0 Å². The maximum atomic E-state index is 12.3. The van der Waals surface area contributed by atoms with Gasteiger partial charge in [-0.2, -0.15) is 13.2 Å².